The highest BCUT2D eigenvalue weighted by atomic mass is 16.6. The molecule has 4 aromatic rings. The number of esters is 1. The molecule has 0 spiro atoms. The summed E-state index contributed by atoms with van der Waals surface area (Å²) in [6.07, 6.45) is 0. The van der Waals surface area contributed by atoms with E-state index in [1.54, 1.807) is 6.07 Å². The van der Waals surface area contributed by atoms with E-state index < -0.39 is 5.97 Å². The van der Waals surface area contributed by atoms with E-state index in [0.29, 0.717) is 22.2 Å². The molecule has 0 radical (unpaired) electrons. The molecule has 1 aromatic heterocycles. The SMILES string of the molecule is COC(=O)c1cc(-c2ccccc2)c2nonc2c1-c1ccccc1. The monoisotopic (exact) mass is 330 g/mol. The standard InChI is InChI=1S/C20H14N2O3/c1-24-20(23)16-12-15(13-8-4-2-5-9-13)18-19(22-25-21-18)17(16)14-10-6-3-7-11-14/h2-12H,1H3. The Labute approximate surface area is 143 Å². The van der Waals surface area contributed by atoms with Crippen molar-refractivity contribution in [2.24, 2.45) is 0 Å². The van der Waals surface area contributed by atoms with E-state index in [0.717, 1.165) is 16.7 Å². The van der Waals surface area contributed by atoms with E-state index in [1.165, 1.54) is 7.11 Å². The van der Waals surface area contributed by atoms with Crippen LogP contribution in [0.4, 0.5) is 0 Å². The van der Waals surface area contributed by atoms with Crippen molar-refractivity contribution < 1.29 is 14.2 Å². The summed E-state index contributed by atoms with van der Waals surface area (Å²) in [5, 5.41) is 8.13. The topological polar surface area (TPSA) is 65.2 Å². The van der Waals surface area contributed by atoms with Crippen LogP contribution in [0.15, 0.2) is 71.4 Å². The second-order valence-electron chi connectivity index (χ2n) is 5.53. The van der Waals surface area contributed by atoms with Crippen LogP contribution in [-0.2, 0) is 4.74 Å². The maximum absolute atomic E-state index is 12.5. The van der Waals surface area contributed by atoms with Crippen LogP contribution in [0.2, 0.25) is 0 Å². The quantitative estimate of drug-likeness (QED) is 0.523. The van der Waals surface area contributed by atoms with Gasteiger partial charge < -0.3 is 4.74 Å². The fraction of sp³-hybridized carbons (Fsp3) is 0.0500. The van der Waals surface area contributed by atoms with Gasteiger partial charge in [-0.15, -0.1) is 0 Å². The predicted octanol–water partition coefficient (Wildman–Crippen LogP) is 4.34. The van der Waals surface area contributed by atoms with Gasteiger partial charge in [0.25, 0.3) is 0 Å². The molecule has 1 heterocycles. The Morgan fingerprint density at radius 3 is 2.12 bits per heavy atom. The average Bonchev–Trinajstić information content (AvgIpc) is 3.17. The number of aromatic nitrogens is 2. The first kappa shape index (κ1) is 15.1. The van der Waals surface area contributed by atoms with Gasteiger partial charge in [-0.25, -0.2) is 9.42 Å². The molecular formula is C20H14N2O3. The van der Waals surface area contributed by atoms with Crippen LogP contribution in [0, 0.1) is 0 Å². The van der Waals surface area contributed by atoms with Crippen molar-refractivity contribution in [3.63, 3.8) is 0 Å². The third kappa shape index (κ3) is 2.55. The second kappa shape index (κ2) is 6.20. The molecule has 0 saturated heterocycles. The summed E-state index contributed by atoms with van der Waals surface area (Å²) in [6, 6.07) is 21.0. The van der Waals surface area contributed by atoms with Crippen LogP contribution in [-0.4, -0.2) is 23.4 Å². The lowest BCUT2D eigenvalue weighted by atomic mass is 9.93. The number of benzene rings is 3. The molecule has 0 aliphatic carbocycles. The molecule has 0 amide bonds. The molecule has 0 aliphatic heterocycles. The summed E-state index contributed by atoms with van der Waals surface area (Å²) < 4.78 is 10.0. The zero-order valence-corrected chi connectivity index (χ0v) is 13.5. The van der Waals surface area contributed by atoms with Gasteiger partial charge in [0.2, 0.25) is 0 Å². The minimum absolute atomic E-state index is 0.427. The van der Waals surface area contributed by atoms with Crippen molar-refractivity contribution >= 4 is 17.0 Å². The minimum atomic E-state index is -0.430. The van der Waals surface area contributed by atoms with Gasteiger partial charge in [0.05, 0.1) is 12.7 Å². The highest BCUT2D eigenvalue weighted by Gasteiger charge is 2.23. The first-order valence-electron chi connectivity index (χ1n) is 7.78. The van der Waals surface area contributed by atoms with E-state index in [9.17, 15) is 4.79 Å². The average molecular weight is 330 g/mol. The molecule has 0 unspecified atom stereocenters. The van der Waals surface area contributed by atoms with Crippen molar-refractivity contribution in [3.8, 4) is 22.3 Å². The van der Waals surface area contributed by atoms with Crippen LogP contribution in [0.25, 0.3) is 33.3 Å². The molecule has 0 fully saturated rings. The number of ether oxygens (including phenoxy) is 1. The van der Waals surface area contributed by atoms with Gasteiger partial charge in [0.1, 0.15) is 11.0 Å². The number of rotatable bonds is 3. The first-order valence-corrected chi connectivity index (χ1v) is 7.78. The summed E-state index contributed by atoms with van der Waals surface area (Å²) in [6.45, 7) is 0. The Bertz CT molecular complexity index is 1040. The smallest absolute Gasteiger partial charge is 0.338 e. The molecule has 5 heteroatoms. The van der Waals surface area contributed by atoms with E-state index in [-0.39, 0.29) is 0 Å². The van der Waals surface area contributed by atoms with Crippen LogP contribution in [0.1, 0.15) is 10.4 Å². The predicted molar refractivity (Wildman–Crippen MR) is 94.0 cm³/mol. The molecule has 0 aliphatic rings. The largest absolute Gasteiger partial charge is 0.465 e. The van der Waals surface area contributed by atoms with Crippen molar-refractivity contribution in [2.45, 2.75) is 0 Å². The first-order chi connectivity index (χ1) is 12.3. The maximum Gasteiger partial charge on any atom is 0.338 e. The third-order valence-corrected chi connectivity index (χ3v) is 4.09. The van der Waals surface area contributed by atoms with Gasteiger partial charge in [0, 0.05) is 11.1 Å². The Kier molecular flexibility index (Phi) is 3.74. The van der Waals surface area contributed by atoms with Crippen LogP contribution >= 0.6 is 0 Å². The van der Waals surface area contributed by atoms with Gasteiger partial charge in [-0.05, 0) is 27.5 Å². The normalized spacial score (nSPS) is 10.8. The Hall–Kier alpha value is -3.47. The fourth-order valence-electron chi connectivity index (χ4n) is 2.95. The molecule has 0 atom stereocenters. The van der Waals surface area contributed by atoms with Gasteiger partial charge in [-0.3, -0.25) is 0 Å². The lowest BCUT2D eigenvalue weighted by molar-refractivity contribution is 0.0602. The van der Waals surface area contributed by atoms with E-state index in [4.69, 9.17) is 9.37 Å². The summed E-state index contributed by atoms with van der Waals surface area (Å²) >= 11 is 0. The summed E-state index contributed by atoms with van der Waals surface area (Å²) in [5.41, 5.74) is 4.78. The lowest BCUT2D eigenvalue weighted by Crippen LogP contribution is -2.05. The number of hydrogen-bond acceptors (Lipinski definition) is 5. The number of carbonyl (C=O) groups is 1. The number of fused-ring (bicyclic) bond motifs is 1. The number of nitrogens with zero attached hydrogens (tertiary/aromatic N) is 2. The molecule has 122 valence electrons. The molecule has 0 bridgehead atoms. The van der Waals surface area contributed by atoms with E-state index in [1.807, 2.05) is 60.7 Å². The highest BCUT2D eigenvalue weighted by molar-refractivity contribution is 6.10. The van der Waals surface area contributed by atoms with Gasteiger partial charge >= 0.3 is 5.97 Å². The minimum Gasteiger partial charge on any atom is -0.465 e. The molecule has 5 nitrogen and oxygen atoms in total. The zero-order chi connectivity index (χ0) is 17.2. The van der Waals surface area contributed by atoms with Gasteiger partial charge in [-0.1, -0.05) is 60.7 Å². The Morgan fingerprint density at radius 2 is 1.48 bits per heavy atom. The molecule has 0 N–H and O–H groups in total. The Morgan fingerprint density at radius 1 is 0.880 bits per heavy atom. The van der Waals surface area contributed by atoms with Gasteiger partial charge in [0.15, 0.2) is 0 Å². The summed E-state index contributed by atoms with van der Waals surface area (Å²) in [4.78, 5) is 12.5. The van der Waals surface area contributed by atoms with Crippen molar-refractivity contribution in [1.29, 1.82) is 0 Å². The molecule has 0 saturated carbocycles. The number of methoxy groups -OCH3 is 1. The summed E-state index contributed by atoms with van der Waals surface area (Å²) in [5.74, 6) is -0.430. The molecule has 25 heavy (non-hydrogen) atoms. The zero-order valence-electron chi connectivity index (χ0n) is 13.5. The van der Waals surface area contributed by atoms with Crippen molar-refractivity contribution in [3.05, 3.63) is 72.3 Å². The number of hydrogen-bond donors (Lipinski definition) is 0. The lowest BCUT2D eigenvalue weighted by Gasteiger charge is -2.11. The third-order valence-electron chi connectivity index (χ3n) is 4.09. The Balaban J connectivity index is 2.09. The number of carbonyl (C=O) groups excluding carboxylic acids is 1. The highest BCUT2D eigenvalue weighted by Crippen LogP contribution is 2.37. The van der Waals surface area contributed by atoms with E-state index in [2.05, 4.69) is 10.3 Å². The molecule has 4 rings (SSSR count). The second-order valence-corrected chi connectivity index (χ2v) is 5.53. The van der Waals surface area contributed by atoms with Crippen LogP contribution in [0.5, 0.6) is 0 Å². The van der Waals surface area contributed by atoms with Crippen LogP contribution in [0.3, 0.4) is 0 Å². The van der Waals surface area contributed by atoms with Crippen LogP contribution < -0.4 is 0 Å². The van der Waals surface area contributed by atoms with Crippen molar-refractivity contribution in [1.82, 2.24) is 10.3 Å². The molecular weight excluding hydrogens is 316 g/mol. The summed E-state index contributed by atoms with van der Waals surface area (Å²) in [7, 11) is 1.37. The van der Waals surface area contributed by atoms with Crippen molar-refractivity contribution in [2.75, 3.05) is 7.11 Å². The van der Waals surface area contributed by atoms with E-state index >= 15 is 0 Å². The van der Waals surface area contributed by atoms with Gasteiger partial charge in [-0.2, -0.15) is 0 Å². The maximum atomic E-state index is 12.5. The molecule has 3 aromatic carbocycles. The fourth-order valence-corrected chi connectivity index (χ4v) is 2.95.